The Morgan fingerprint density at radius 3 is 2.26 bits per heavy atom. The summed E-state index contributed by atoms with van der Waals surface area (Å²) in [7, 11) is 0. The Morgan fingerprint density at radius 2 is 1.65 bits per heavy atom. The number of carbonyl (C=O) groups is 1. The van der Waals surface area contributed by atoms with Crippen molar-refractivity contribution in [1.82, 2.24) is 0 Å². The molecular weight excluding hydrogens is 320 g/mol. The Kier molecular flexibility index (Phi) is 4.55. The molecule has 0 spiro atoms. The molecule has 0 aromatic heterocycles. The second kappa shape index (κ2) is 6.25. The molecule has 0 heterocycles. The van der Waals surface area contributed by atoms with E-state index in [-0.39, 0.29) is 11.1 Å². The molecule has 2 rings (SSSR count). The molecule has 1 atom stereocenters. The van der Waals surface area contributed by atoms with Gasteiger partial charge in [0, 0.05) is 11.1 Å². The molecule has 2 aromatic carbocycles. The number of halogens is 4. The number of aliphatic carboxylic acids is 1. The summed E-state index contributed by atoms with van der Waals surface area (Å²) < 4.78 is 55.2. The minimum absolute atomic E-state index is 0.195. The van der Waals surface area contributed by atoms with E-state index in [1.165, 1.54) is 30.3 Å². The molecule has 4 nitrogen and oxygen atoms in total. The first kappa shape index (κ1) is 16.8. The molecule has 0 radical (unpaired) electrons. The van der Waals surface area contributed by atoms with Crippen LogP contribution < -0.4 is 4.74 Å². The molecule has 2 aromatic rings. The van der Waals surface area contributed by atoms with E-state index in [1.54, 1.807) is 0 Å². The van der Waals surface area contributed by atoms with Crippen molar-refractivity contribution in [3.8, 4) is 16.9 Å². The maximum atomic E-state index is 13.9. The van der Waals surface area contributed by atoms with E-state index < -0.39 is 35.6 Å². The fourth-order valence-corrected chi connectivity index (χ4v) is 2.08. The minimum Gasteiger partial charge on any atom is -0.479 e. The van der Waals surface area contributed by atoms with E-state index in [2.05, 4.69) is 4.74 Å². The van der Waals surface area contributed by atoms with E-state index >= 15 is 0 Å². The number of carboxylic acid groups (broad SMARTS) is 1. The zero-order valence-electron chi connectivity index (χ0n) is 11.3. The number of hydrogen-bond donors (Lipinski definition) is 2. The number of rotatable bonds is 4. The summed E-state index contributed by atoms with van der Waals surface area (Å²) in [5.74, 6) is -3.42. The third kappa shape index (κ3) is 3.78. The Morgan fingerprint density at radius 1 is 1.04 bits per heavy atom. The van der Waals surface area contributed by atoms with Crippen molar-refractivity contribution in [3.63, 3.8) is 0 Å². The van der Waals surface area contributed by atoms with Crippen molar-refractivity contribution in [1.29, 1.82) is 0 Å². The highest BCUT2D eigenvalue weighted by molar-refractivity contribution is 5.81. The number of alkyl halides is 3. The van der Waals surface area contributed by atoms with Gasteiger partial charge in [-0.3, -0.25) is 0 Å². The molecule has 0 aliphatic rings. The lowest BCUT2D eigenvalue weighted by atomic mass is 9.95. The number of carboxylic acids is 1. The van der Waals surface area contributed by atoms with Gasteiger partial charge < -0.3 is 14.9 Å². The average molecular weight is 330 g/mol. The largest absolute Gasteiger partial charge is 0.573 e. The molecular formula is C15H10F4O4. The number of aliphatic hydroxyl groups excluding tert-OH is 1. The van der Waals surface area contributed by atoms with Crippen molar-refractivity contribution < 1.29 is 37.3 Å². The molecule has 0 bridgehead atoms. The topological polar surface area (TPSA) is 66.8 Å². The lowest BCUT2D eigenvalue weighted by Gasteiger charge is -2.17. The van der Waals surface area contributed by atoms with E-state index in [0.29, 0.717) is 0 Å². The van der Waals surface area contributed by atoms with Crippen molar-refractivity contribution in [2.75, 3.05) is 0 Å². The van der Waals surface area contributed by atoms with Gasteiger partial charge in [0.25, 0.3) is 0 Å². The first-order valence-corrected chi connectivity index (χ1v) is 6.25. The summed E-state index contributed by atoms with van der Waals surface area (Å²) in [6.07, 6.45) is -7.21. The van der Waals surface area contributed by atoms with Gasteiger partial charge in [-0.05, 0) is 17.7 Å². The lowest BCUT2D eigenvalue weighted by molar-refractivity contribution is -0.274. The smallest absolute Gasteiger partial charge is 0.479 e. The van der Waals surface area contributed by atoms with Crippen LogP contribution in [0.4, 0.5) is 17.6 Å². The van der Waals surface area contributed by atoms with Crippen LogP contribution in [0.25, 0.3) is 11.1 Å². The van der Waals surface area contributed by atoms with Crippen LogP contribution >= 0.6 is 0 Å². The highest BCUT2D eigenvalue weighted by Gasteiger charge is 2.33. The summed E-state index contributed by atoms with van der Waals surface area (Å²) in [5.41, 5.74) is -1.04. The van der Waals surface area contributed by atoms with Gasteiger partial charge in [0.1, 0.15) is 11.6 Å². The van der Waals surface area contributed by atoms with Crippen LogP contribution in [0.1, 0.15) is 11.7 Å². The Bertz CT molecular complexity index is 728. The number of hydrogen-bond acceptors (Lipinski definition) is 3. The molecule has 1 unspecified atom stereocenters. The zero-order chi connectivity index (χ0) is 17.2. The van der Waals surface area contributed by atoms with Gasteiger partial charge >= 0.3 is 12.3 Å². The SMILES string of the molecule is O=C(O)C(O)c1c(F)cccc1-c1ccccc1OC(F)(F)F. The first-order valence-electron chi connectivity index (χ1n) is 6.25. The van der Waals surface area contributed by atoms with E-state index in [9.17, 15) is 27.5 Å². The maximum Gasteiger partial charge on any atom is 0.573 e. The molecule has 0 saturated heterocycles. The Balaban J connectivity index is 2.64. The molecule has 2 N–H and O–H groups in total. The van der Waals surface area contributed by atoms with Crippen LogP contribution in [-0.2, 0) is 4.79 Å². The quantitative estimate of drug-likeness (QED) is 0.842. The molecule has 0 saturated carbocycles. The molecule has 0 fully saturated rings. The van der Waals surface area contributed by atoms with Gasteiger partial charge in [0.05, 0.1) is 0 Å². The van der Waals surface area contributed by atoms with Crippen molar-refractivity contribution >= 4 is 5.97 Å². The van der Waals surface area contributed by atoms with Crippen LogP contribution in [0.3, 0.4) is 0 Å². The average Bonchev–Trinajstić information content (AvgIpc) is 2.45. The normalized spacial score (nSPS) is 12.7. The summed E-state index contributed by atoms with van der Waals surface area (Å²) >= 11 is 0. The van der Waals surface area contributed by atoms with Gasteiger partial charge in [-0.1, -0.05) is 30.3 Å². The highest BCUT2D eigenvalue weighted by Crippen LogP contribution is 2.38. The van der Waals surface area contributed by atoms with Gasteiger partial charge in [-0.25, -0.2) is 9.18 Å². The third-order valence-corrected chi connectivity index (χ3v) is 2.96. The van der Waals surface area contributed by atoms with Gasteiger partial charge in [0.15, 0.2) is 6.10 Å². The number of benzene rings is 2. The lowest BCUT2D eigenvalue weighted by Crippen LogP contribution is -2.18. The maximum absolute atomic E-state index is 13.9. The summed E-state index contributed by atoms with van der Waals surface area (Å²) in [6, 6.07) is 8.14. The fourth-order valence-electron chi connectivity index (χ4n) is 2.08. The summed E-state index contributed by atoms with van der Waals surface area (Å²) in [6.45, 7) is 0. The van der Waals surface area contributed by atoms with Gasteiger partial charge in [-0.15, -0.1) is 13.2 Å². The summed E-state index contributed by atoms with van der Waals surface area (Å²) in [4.78, 5) is 10.9. The first-order chi connectivity index (χ1) is 10.7. The van der Waals surface area contributed by atoms with Crippen molar-refractivity contribution in [3.05, 3.63) is 53.8 Å². The number of ether oxygens (including phenoxy) is 1. The highest BCUT2D eigenvalue weighted by atomic mass is 19.4. The van der Waals surface area contributed by atoms with Crippen LogP contribution in [-0.4, -0.2) is 22.5 Å². The van der Waals surface area contributed by atoms with Gasteiger partial charge in [0.2, 0.25) is 0 Å². The van der Waals surface area contributed by atoms with Crippen molar-refractivity contribution in [2.45, 2.75) is 12.5 Å². The fraction of sp³-hybridized carbons (Fsp3) is 0.133. The molecule has 122 valence electrons. The predicted octanol–water partition coefficient (Wildman–Crippen LogP) is 3.51. The van der Waals surface area contributed by atoms with Gasteiger partial charge in [-0.2, -0.15) is 0 Å². The van der Waals surface area contributed by atoms with E-state index in [1.807, 2.05) is 0 Å². The minimum atomic E-state index is -4.98. The summed E-state index contributed by atoms with van der Waals surface area (Å²) in [5, 5.41) is 18.5. The predicted molar refractivity (Wildman–Crippen MR) is 71.1 cm³/mol. The molecule has 0 aliphatic carbocycles. The molecule has 23 heavy (non-hydrogen) atoms. The van der Waals surface area contributed by atoms with E-state index in [4.69, 9.17) is 5.11 Å². The second-order valence-electron chi connectivity index (χ2n) is 4.49. The van der Waals surface area contributed by atoms with Crippen LogP contribution in [0, 0.1) is 5.82 Å². The Labute approximate surface area is 127 Å². The zero-order valence-corrected chi connectivity index (χ0v) is 11.3. The van der Waals surface area contributed by atoms with Crippen LogP contribution in [0.2, 0.25) is 0 Å². The third-order valence-electron chi connectivity index (χ3n) is 2.96. The monoisotopic (exact) mass is 330 g/mol. The van der Waals surface area contributed by atoms with Crippen LogP contribution in [0.5, 0.6) is 5.75 Å². The molecule has 0 aliphatic heterocycles. The molecule has 0 amide bonds. The number of para-hydroxylation sites is 1. The Hall–Kier alpha value is -2.61. The van der Waals surface area contributed by atoms with Crippen LogP contribution in [0.15, 0.2) is 42.5 Å². The second-order valence-corrected chi connectivity index (χ2v) is 4.49. The van der Waals surface area contributed by atoms with E-state index in [0.717, 1.165) is 12.1 Å². The number of aliphatic hydroxyl groups is 1. The standard InChI is InChI=1S/C15H10F4O4/c16-10-6-3-5-9(12(10)13(20)14(21)22)8-4-1-2-7-11(8)23-15(17,18)19/h1-7,13,20H,(H,21,22). The van der Waals surface area contributed by atoms with Crippen molar-refractivity contribution in [2.24, 2.45) is 0 Å². The molecule has 8 heteroatoms.